The van der Waals surface area contributed by atoms with Crippen LogP contribution in [0.15, 0.2) is 36.4 Å². The first-order valence-electron chi connectivity index (χ1n) is 5.63. The van der Waals surface area contributed by atoms with Crippen LogP contribution in [0.2, 0.25) is 0 Å². The standard InChI is InChI=1S/C15H17NO/c1-10-4-5-11(2)13(8-10)14-9-12(17-3)6-7-15(14)16/h4-9H,16H2,1-3H3. The molecule has 0 atom stereocenters. The summed E-state index contributed by atoms with van der Waals surface area (Å²) in [7, 11) is 1.67. The van der Waals surface area contributed by atoms with Gasteiger partial charge in [0.25, 0.3) is 0 Å². The van der Waals surface area contributed by atoms with Crippen LogP contribution in [0, 0.1) is 13.8 Å². The predicted molar refractivity (Wildman–Crippen MR) is 72.3 cm³/mol. The van der Waals surface area contributed by atoms with Crippen LogP contribution in [0.5, 0.6) is 5.75 Å². The van der Waals surface area contributed by atoms with Gasteiger partial charge in [-0.1, -0.05) is 23.8 Å². The van der Waals surface area contributed by atoms with Crippen molar-refractivity contribution in [2.45, 2.75) is 13.8 Å². The average molecular weight is 227 g/mol. The molecule has 2 heteroatoms. The molecular formula is C15H17NO. The van der Waals surface area contributed by atoms with E-state index >= 15 is 0 Å². The molecule has 0 amide bonds. The Morgan fingerprint density at radius 1 is 0.941 bits per heavy atom. The highest BCUT2D eigenvalue weighted by atomic mass is 16.5. The van der Waals surface area contributed by atoms with E-state index in [2.05, 4.69) is 32.0 Å². The molecule has 0 heterocycles. The number of hydrogen-bond donors (Lipinski definition) is 1. The van der Waals surface area contributed by atoms with Gasteiger partial charge in [0.1, 0.15) is 5.75 Å². The largest absolute Gasteiger partial charge is 0.497 e. The van der Waals surface area contributed by atoms with Crippen molar-refractivity contribution in [3.05, 3.63) is 47.5 Å². The minimum Gasteiger partial charge on any atom is -0.497 e. The van der Waals surface area contributed by atoms with E-state index in [1.807, 2.05) is 18.2 Å². The lowest BCUT2D eigenvalue weighted by Gasteiger charge is -2.11. The fourth-order valence-corrected chi connectivity index (χ4v) is 1.92. The summed E-state index contributed by atoms with van der Waals surface area (Å²) in [5.41, 5.74) is 11.5. The summed E-state index contributed by atoms with van der Waals surface area (Å²) < 4.78 is 5.25. The Bertz CT molecular complexity index is 547. The van der Waals surface area contributed by atoms with Gasteiger partial charge in [-0.15, -0.1) is 0 Å². The zero-order chi connectivity index (χ0) is 12.4. The quantitative estimate of drug-likeness (QED) is 0.796. The number of hydrogen-bond acceptors (Lipinski definition) is 2. The van der Waals surface area contributed by atoms with Crippen LogP contribution in [-0.2, 0) is 0 Å². The molecule has 0 saturated heterocycles. The second-order valence-electron chi connectivity index (χ2n) is 4.27. The van der Waals surface area contributed by atoms with Crippen molar-refractivity contribution in [3.63, 3.8) is 0 Å². The Morgan fingerprint density at radius 3 is 2.41 bits per heavy atom. The number of benzene rings is 2. The molecule has 2 N–H and O–H groups in total. The molecule has 0 bridgehead atoms. The number of aryl methyl sites for hydroxylation is 2. The summed E-state index contributed by atoms with van der Waals surface area (Å²) in [5.74, 6) is 0.829. The first kappa shape index (κ1) is 11.5. The van der Waals surface area contributed by atoms with E-state index in [0.29, 0.717) is 0 Å². The van der Waals surface area contributed by atoms with Gasteiger partial charge in [0.2, 0.25) is 0 Å². The first-order chi connectivity index (χ1) is 8.11. The van der Waals surface area contributed by atoms with Crippen molar-refractivity contribution in [3.8, 4) is 16.9 Å². The van der Waals surface area contributed by atoms with Crippen LogP contribution in [0.4, 0.5) is 5.69 Å². The lowest BCUT2D eigenvalue weighted by Crippen LogP contribution is -1.94. The Morgan fingerprint density at radius 2 is 1.71 bits per heavy atom. The highest BCUT2D eigenvalue weighted by molar-refractivity contribution is 5.80. The maximum atomic E-state index is 6.04. The molecule has 0 unspecified atom stereocenters. The third-order valence-corrected chi connectivity index (χ3v) is 2.94. The summed E-state index contributed by atoms with van der Waals surface area (Å²) in [6, 6.07) is 12.1. The molecule has 2 nitrogen and oxygen atoms in total. The van der Waals surface area contributed by atoms with E-state index in [4.69, 9.17) is 10.5 Å². The van der Waals surface area contributed by atoms with E-state index in [1.165, 1.54) is 16.7 Å². The smallest absolute Gasteiger partial charge is 0.119 e. The molecule has 0 aromatic heterocycles. The average Bonchev–Trinajstić information content (AvgIpc) is 2.33. The second-order valence-corrected chi connectivity index (χ2v) is 4.27. The van der Waals surface area contributed by atoms with Crippen molar-refractivity contribution in [2.75, 3.05) is 12.8 Å². The molecule has 0 aliphatic heterocycles. The van der Waals surface area contributed by atoms with Gasteiger partial charge in [0.15, 0.2) is 0 Å². The number of nitrogen functional groups attached to an aromatic ring is 1. The van der Waals surface area contributed by atoms with Crippen LogP contribution >= 0.6 is 0 Å². The minimum atomic E-state index is 0.777. The summed E-state index contributed by atoms with van der Waals surface area (Å²) in [4.78, 5) is 0. The van der Waals surface area contributed by atoms with Gasteiger partial charge in [-0.25, -0.2) is 0 Å². The molecule has 0 saturated carbocycles. The van der Waals surface area contributed by atoms with E-state index in [1.54, 1.807) is 7.11 Å². The lowest BCUT2D eigenvalue weighted by molar-refractivity contribution is 0.415. The minimum absolute atomic E-state index is 0.777. The van der Waals surface area contributed by atoms with Crippen molar-refractivity contribution in [1.29, 1.82) is 0 Å². The highest BCUT2D eigenvalue weighted by Crippen LogP contribution is 2.32. The summed E-state index contributed by atoms with van der Waals surface area (Å²) >= 11 is 0. The predicted octanol–water partition coefficient (Wildman–Crippen LogP) is 3.56. The van der Waals surface area contributed by atoms with Gasteiger partial charge < -0.3 is 10.5 Å². The summed E-state index contributed by atoms with van der Waals surface area (Å²) in [6.45, 7) is 4.17. The molecule has 2 aromatic rings. The van der Waals surface area contributed by atoms with Gasteiger partial charge in [0, 0.05) is 11.3 Å². The molecule has 0 aliphatic rings. The maximum absolute atomic E-state index is 6.04. The van der Waals surface area contributed by atoms with E-state index in [9.17, 15) is 0 Å². The maximum Gasteiger partial charge on any atom is 0.119 e. The van der Waals surface area contributed by atoms with Crippen LogP contribution in [0.25, 0.3) is 11.1 Å². The SMILES string of the molecule is COc1ccc(N)c(-c2cc(C)ccc2C)c1. The number of nitrogens with two attached hydrogens (primary N) is 1. The van der Waals surface area contributed by atoms with Crippen LogP contribution < -0.4 is 10.5 Å². The Kier molecular flexibility index (Phi) is 3.05. The van der Waals surface area contributed by atoms with E-state index < -0.39 is 0 Å². The normalized spacial score (nSPS) is 10.3. The van der Waals surface area contributed by atoms with Crippen LogP contribution in [0.1, 0.15) is 11.1 Å². The zero-order valence-corrected chi connectivity index (χ0v) is 10.4. The number of anilines is 1. The molecule has 0 spiro atoms. The van der Waals surface area contributed by atoms with Gasteiger partial charge >= 0.3 is 0 Å². The first-order valence-corrected chi connectivity index (χ1v) is 5.63. The third-order valence-electron chi connectivity index (χ3n) is 2.94. The number of ether oxygens (including phenoxy) is 1. The molecule has 88 valence electrons. The Balaban J connectivity index is 2.62. The monoisotopic (exact) mass is 227 g/mol. The lowest BCUT2D eigenvalue weighted by atomic mass is 9.97. The fourth-order valence-electron chi connectivity index (χ4n) is 1.92. The molecule has 0 fully saturated rings. The Hall–Kier alpha value is -1.96. The van der Waals surface area contributed by atoms with Crippen molar-refractivity contribution in [1.82, 2.24) is 0 Å². The topological polar surface area (TPSA) is 35.2 Å². The van der Waals surface area contributed by atoms with Crippen molar-refractivity contribution in [2.24, 2.45) is 0 Å². The fraction of sp³-hybridized carbons (Fsp3) is 0.200. The van der Waals surface area contributed by atoms with E-state index in [0.717, 1.165) is 17.0 Å². The van der Waals surface area contributed by atoms with E-state index in [-0.39, 0.29) is 0 Å². The third kappa shape index (κ3) is 2.26. The highest BCUT2D eigenvalue weighted by Gasteiger charge is 2.07. The zero-order valence-electron chi connectivity index (χ0n) is 10.4. The number of methoxy groups -OCH3 is 1. The van der Waals surface area contributed by atoms with Crippen molar-refractivity contribution >= 4 is 5.69 Å². The molecular weight excluding hydrogens is 210 g/mol. The van der Waals surface area contributed by atoms with Gasteiger partial charge in [-0.05, 0) is 43.2 Å². The molecule has 2 rings (SSSR count). The summed E-state index contributed by atoms with van der Waals surface area (Å²) in [5, 5.41) is 0. The van der Waals surface area contributed by atoms with Crippen LogP contribution in [-0.4, -0.2) is 7.11 Å². The Labute approximate surface area is 102 Å². The van der Waals surface area contributed by atoms with Crippen LogP contribution in [0.3, 0.4) is 0 Å². The second kappa shape index (κ2) is 4.50. The van der Waals surface area contributed by atoms with Gasteiger partial charge in [-0.3, -0.25) is 0 Å². The molecule has 0 aliphatic carbocycles. The van der Waals surface area contributed by atoms with Gasteiger partial charge in [0.05, 0.1) is 7.11 Å². The molecule has 0 radical (unpaired) electrons. The molecule has 17 heavy (non-hydrogen) atoms. The molecule has 2 aromatic carbocycles. The van der Waals surface area contributed by atoms with Crippen molar-refractivity contribution < 1.29 is 4.74 Å². The van der Waals surface area contributed by atoms with Gasteiger partial charge in [-0.2, -0.15) is 0 Å². The summed E-state index contributed by atoms with van der Waals surface area (Å²) in [6.07, 6.45) is 0. The number of rotatable bonds is 2.